The van der Waals surface area contributed by atoms with Crippen LogP contribution < -0.4 is 4.74 Å². The fourth-order valence-electron chi connectivity index (χ4n) is 4.08. The van der Waals surface area contributed by atoms with Gasteiger partial charge >= 0.3 is 0 Å². The Labute approximate surface area is 170 Å². The van der Waals surface area contributed by atoms with E-state index in [0.717, 1.165) is 42.9 Å². The maximum absolute atomic E-state index is 12.6. The van der Waals surface area contributed by atoms with Gasteiger partial charge in [0.15, 0.2) is 5.89 Å². The molecule has 7 nitrogen and oxygen atoms in total. The van der Waals surface area contributed by atoms with Crippen molar-refractivity contribution in [3.63, 3.8) is 0 Å². The topological polar surface area (TPSA) is 75.9 Å². The van der Waals surface area contributed by atoms with Gasteiger partial charge in [0, 0.05) is 32.5 Å². The molecule has 0 N–H and O–H groups in total. The maximum atomic E-state index is 12.6. The predicted molar refractivity (Wildman–Crippen MR) is 107 cm³/mol. The van der Waals surface area contributed by atoms with Crippen LogP contribution in [-0.2, 0) is 16.0 Å². The van der Waals surface area contributed by atoms with Gasteiger partial charge in [-0.15, -0.1) is 0 Å². The van der Waals surface area contributed by atoms with Gasteiger partial charge in [0.2, 0.25) is 11.8 Å². The predicted octanol–water partition coefficient (Wildman–Crippen LogP) is 2.60. The molecule has 0 bridgehead atoms. The lowest BCUT2D eigenvalue weighted by molar-refractivity contribution is -0.139. The Bertz CT molecular complexity index is 861. The molecular formula is C22H27N3O4. The number of piperidine rings is 1. The van der Waals surface area contributed by atoms with Gasteiger partial charge in [-0.1, -0.05) is 12.1 Å². The summed E-state index contributed by atoms with van der Waals surface area (Å²) < 4.78 is 11.2. The molecule has 2 aromatic rings. The van der Waals surface area contributed by atoms with E-state index in [2.05, 4.69) is 4.98 Å². The summed E-state index contributed by atoms with van der Waals surface area (Å²) in [6.07, 6.45) is 5.73. The number of oxazole rings is 1. The van der Waals surface area contributed by atoms with E-state index in [1.54, 1.807) is 18.2 Å². The van der Waals surface area contributed by atoms with Crippen LogP contribution in [-0.4, -0.2) is 59.9 Å². The van der Waals surface area contributed by atoms with Crippen LogP contribution in [0, 0.1) is 0 Å². The van der Waals surface area contributed by atoms with Gasteiger partial charge in [0.05, 0.1) is 25.8 Å². The van der Waals surface area contributed by atoms with Crippen LogP contribution in [0.4, 0.5) is 0 Å². The van der Waals surface area contributed by atoms with Crippen LogP contribution in [0.2, 0.25) is 0 Å². The first-order chi connectivity index (χ1) is 14.1. The molecule has 0 radical (unpaired) electrons. The Morgan fingerprint density at radius 3 is 2.79 bits per heavy atom. The minimum Gasteiger partial charge on any atom is -0.497 e. The van der Waals surface area contributed by atoms with Gasteiger partial charge in [0.1, 0.15) is 11.5 Å². The summed E-state index contributed by atoms with van der Waals surface area (Å²) in [4.78, 5) is 32.4. The molecule has 4 rings (SSSR count). The molecule has 3 heterocycles. The normalized spacial score (nSPS) is 19.6. The van der Waals surface area contributed by atoms with Crippen LogP contribution in [0.5, 0.6) is 5.75 Å². The minimum absolute atomic E-state index is 0.0231. The molecule has 0 spiro atoms. The molecule has 2 amide bonds. The number of ether oxygens (including phenoxy) is 1. The lowest BCUT2D eigenvalue weighted by Crippen LogP contribution is -2.45. The van der Waals surface area contributed by atoms with Crippen LogP contribution in [0.15, 0.2) is 34.9 Å². The number of methoxy groups -OCH3 is 1. The zero-order chi connectivity index (χ0) is 20.2. The quantitative estimate of drug-likeness (QED) is 0.749. The van der Waals surface area contributed by atoms with Crippen molar-refractivity contribution in [2.75, 3.05) is 33.3 Å². The number of aromatic nitrogens is 1. The Balaban J connectivity index is 1.35. The molecule has 2 aliphatic rings. The lowest BCUT2D eigenvalue weighted by Gasteiger charge is -2.32. The highest BCUT2D eigenvalue weighted by atomic mass is 16.5. The summed E-state index contributed by atoms with van der Waals surface area (Å²) in [5, 5.41) is 0. The Morgan fingerprint density at radius 1 is 1.24 bits per heavy atom. The smallest absolute Gasteiger partial charge is 0.242 e. The van der Waals surface area contributed by atoms with E-state index in [4.69, 9.17) is 9.15 Å². The van der Waals surface area contributed by atoms with Crippen molar-refractivity contribution in [2.45, 2.75) is 38.0 Å². The van der Waals surface area contributed by atoms with E-state index >= 15 is 0 Å². The Hall–Kier alpha value is -2.83. The van der Waals surface area contributed by atoms with E-state index in [0.29, 0.717) is 31.8 Å². The third-order valence-corrected chi connectivity index (χ3v) is 5.73. The van der Waals surface area contributed by atoms with Crippen LogP contribution in [0.1, 0.15) is 48.8 Å². The van der Waals surface area contributed by atoms with Crippen molar-refractivity contribution in [3.8, 4) is 5.75 Å². The molecular weight excluding hydrogens is 370 g/mol. The van der Waals surface area contributed by atoms with E-state index in [9.17, 15) is 9.59 Å². The van der Waals surface area contributed by atoms with Crippen molar-refractivity contribution >= 4 is 11.8 Å². The third kappa shape index (κ3) is 4.60. The maximum Gasteiger partial charge on any atom is 0.242 e. The standard InChI is InChI=1S/C22H27N3O4/c1-28-18-8-6-16(7-9-18)12-19-13-23-22(29-19)17-4-2-10-24(14-17)21(27)15-25-11-3-5-20(25)26/h6-9,13,17H,2-5,10-12,14-15H2,1H3/t17-/m1/s1. The Kier molecular flexibility index (Phi) is 5.83. The van der Waals surface area contributed by atoms with Gasteiger partial charge in [-0.25, -0.2) is 4.98 Å². The Morgan fingerprint density at radius 2 is 2.07 bits per heavy atom. The fraction of sp³-hybridized carbons (Fsp3) is 0.500. The molecule has 2 aliphatic heterocycles. The summed E-state index contributed by atoms with van der Waals surface area (Å²) in [5.41, 5.74) is 1.13. The third-order valence-electron chi connectivity index (χ3n) is 5.73. The van der Waals surface area contributed by atoms with Gasteiger partial charge in [-0.05, 0) is 37.0 Å². The highest BCUT2D eigenvalue weighted by molar-refractivity contribution is 5.86. The molecule has 0 saturated carbocycles. The van der Waals surface area contributed by atoms with Crippen LogP contribution in [0.25, 0.3) is 0 Å². The number of amides is 2. The first-order valence-electron chi connectivity index (χ1n) is 10.3. The van der Waals surface area contributed by atoms with E-state index in [1.807, 2.05) is 29.2 Å². The zero-order valence-corrected chi connectivity index (χ0v) is 16.8. The molecule has 1 aromatic carbocycles. The summed E-state index contributed by atoms with van der Waals surface area (Å²) >= 11 is 0. The van der Waals surface area contributed by atoms with Crippen molar-refractivity contribution in [2.24, 2.45) is 0 Å². The highest BCUT2D eigenvalue weighted by Crippen LogP contribution is 2.27. The van der Waals surface area contributed by atoms with Gasteiger partial charge in [-0.3, -0.25) is 9.59 Å². The number of hydrogen-bond acceptors (Lipinski definition) is 5. The summed E-state index contributed by atoms with van der Waals surface area (Å²) in [5.74, 6) is 2.55. The highest BCUT2D eigenvalue weighted by Gasteiger charge is 2.30. The molecule has 2 fully saturated rings. The molecule has 2 saturated heterocycles. The fourth-order valence-corrected chi connectivity index (χ4v) is 4.08. The average Bonchev–Trinajstić information content (AvgIpc) is 3.38. The summed E-state index contributed by atoms with van der Waals surface area (Å²) in [6.45, 7) is 2.22. The minimum atomic E-state index is 0.0231. The SMILES string of the molecule is COc1ccc(Cc2cnc([C@@H]3CCCN(C(=O)CN4CCCC4=O)C3)o2)cc1. The molecule has 1 aromatic heterocycles. The second-order valence-corrected chi connectivity index (χ2v) is 7.79. The van der Waals surface area contributed by atoms with E-state index in [1.165, 1.54) is 0 Å². The zero-order valence-electron chi connectivity index (χ0n) is 16.8. The van der Waals surface area contributed by atoms with E-state index in [-0.39, 0.29) is 24.3 Å². The van der Waals surface area contributed by atoms with Crippen LogP contribution >= 0.6 is 0 Å². The largest absolute Gasteiger partial charge is 0.497 e. The second-order valence-electron chi connectivity index (χ2n) is 7.79. The van der Waals surface area contributed by atoms with Crippen molar-refractivity contribution in [1.29, 1.82) is 0 Å². The number of benzene rings is 1. The molecule has 0 aliphatic carbocycles. The van der Waals surface area contributed by atoms with Crippen molar-refractivity contribution < 1.29 is 18.7 Å². The first-order valence-corrected chi connectivity index (χ1v) is 10.3. The molecule has 1 atom stereocenters. The number of nitrogens with zero attached hydrogens (tertiary/aromatic N) is 3. The molecule has 29 heavy (non-hydrogen) atoms. The number of rotatable bonds is 6. The molecule has 0 unspecified atom stereocenters. The van der Waals surface area contributed by atoms with Gasteiger partial charge in [0.25, 0.3) is 0 Å². The molecule has 154 valence electrons. The van der Waals surface area contributed by atoms with Crippen LogP contribution in [0.3, 0.4) is 0 Å². The van der Waals surface area contributed by atoms with E-state index < -0.39 is 0 Å². The average molecular weight is 397 g/mol. The number of carbonyl (C=O) groups is 2. The van der Waals surface area contributed by atoms with Crippen molar-refractivity contribution in [3.05, 3.63) is 47.7 Å². The van der Waals surface area contributed by atoms with Gasteiger partial charge < -0.3 is 19.0 Å². The summed E-state index contributed by atoms with van der Waals surface area (Å²) in [6, 6.07) is 7.90. The van der Waals surface area contributed by atoms with Gasteiger partial charge in [-0.2, -0.15) is 0 Å². The monoisotopic (exact) mass is 397 g/mol. The van der Waals surface area contributed by atoms with Crippen molar-refractivity contribution in [1.82, 2.24) is 14.8 Å². The number of likely N-dealkylation sites (tertiary alicyclic amines) is 2. The second kappa shape index (κ2) is 8.68. The number of carbonyl (C=O) groups excluding carboxylic acids is 2. The lowest BCUT2D eigenvalue weighted by atomic mass is 9.98. The number of hydrogen-bond donors (Lipinski definition) is 0. The summed E-state index contributed by atoms with van der Waals surface area (Å²) in [7, 11) is 1.65. The first kappa shape index (κ1) is 19.5. The molecule has 7 heteroatoms.